The van der Waals surface area contributed by atoms with Crippen molar-refractivity contribution in [3.63, 3.8) is 0 Å². The number of nitrogens with one attached hydrogen (secondary N) is 1. The Morgan fingerprint density at radius 1 is 1.39 bits per heavy atom. The Balaban J connectivity index is 2.53. The Hall–Kier alpha value is -1.04. The minimum absolute atomic E-state index is 0.0233. The zero-order valence-electron chi connectivity index (χ0n) is 10.4. The molecule has 0 heterocycles. The molecule has 102 valence electrons. The predicted octanol–water partition coefficient (Wildman–Crippen LogP) is 2.11. The first-order valence-corrected chi connectivity index (χ1v) is 5.87. The summed E-state index contributed by atoms with van der Waals surface area (Å²) in [4.78, 5) is 0. The van der Waals surface area contributed by atoms with Crippen LogP contribution in [0.1, 0.15) is 24.0 Å². The molecule has 0 bridgehead atoms. The molecule has 5 heteroatoms. The Morgan fingerprint density at radius 3 is 2.78 bits per heavy atom. The average Bonchev–Trinajstić information content (AvgIpc) is 2.37. The number of hydrogen-bond acceptors (Lipinski definition) is 3. The summed E-state index contributed by atoms with van der Waals surface area (Å²) in [6, 6.07) is 6.34. The Morgan fingerprint density at radius 2 is 2.17 bits per heavy atom. The highest BCUT2D eigenvalue weighted by Gasteiger charge is 2.09. The van der Waals surface area contributed by atoms with Crippen LogP contribution in [0.25, 0.3) is 0 Å². The van der Waals surface area contributed by atoms with Crippen LogP contribution in [-0.2, 0) is 11.3 Å². The molecule has 0 spiro atoms. The lowest BCUT2D eigenvalue weighted by molar-refractivity contribution is 0.147. The van der Waals surface area contributed by atoms with E-state index in [4.69, 9.17) is 9.84 Å². The fraction of sp³-hybridized carbons (Fsp3) is 0.538. The molecule has 1 unspecified atom stereocenters. The second-order valence-electron chi connectivity index (χ2n) is 4.09. The Labute approximate surface area is 106 Å². The van der Waals surface area contributed by atoms with E-state index >= 15 is 0 Å². The molecule has 3 nitrogen and oxygen atoms in total. The van der Waals surface area contributed by atoms with Gasteiger partial charge in [-0.1, -0.05) is 18.2 Å². The van der Waals surface area contributed by atoms with Crippen molar-refractivity contribution in [3.05, 3.63) is 35.4 Å². The van der Waals surface area contributed by atoms with Gasteiger partial charge in [0.05, 0.1) is 6.61 Å². The number of ether oxygens (including phenoxy) is 1. The lowest BCUT2D eigenvalue weighted by atomic mass is 10.1. The van der Waals surface area contributed by atoms with Gasteiger partial charge in [-0.25, -0.2) is 8.78 Å². The maximum Gasteiger partial charge on any atom is 0.263 e. The number of hydrogen-bond donors (Lipinski definition) is 2. The number of benzene rings is 1. The van der Waals surface area contributed by atoms with Crippen molar-refractivity contribution < 1.29 is 18.6 Å². The highest BCUT2D eigenvalue weighted by atomic mass is 19.3. The second kappa shape index (κ2) is 8.13. The molecular formula is C13H19F2NO2. The van der Waals surface area contributed by atoms with E-state index in [9.17, 15) is 8.78 Å². The van der Waals surface area contributed by atoms with Crippen molar-refractivity contribution in [2.75, 3.05) is 20.3 Å². The molecule has 0 aromatic heterocycles. The summed E-state index contributed by atoms with van der Waals surface area (Å²) in [5.74, 6) is 0. The molecule has 0 saturated carbocycles. The smallest absolute Gasteiger partial charge is 0.263 e. The zero-order chi connectivity index (χ0) is 13.4. The van der Waals surface area contributed by atoms with Crippen molar-refractivity contribution in [1.29, 1.82) is 0 Å². The van der Waals surface area contributed by atoms with Crippen LogP contribution >= 0.6 is 0 Å². The SMILES string of the molecule is COCC(CCO)NCc1cccc(C(F)F)c1. The molecule has 0 fully saturated rings. The van der Waals surface area contributed by atoms with Crippen LogP contribution in [0, 0.1) is 0 Å². The molecule has 18 heavy (non-hydrogen) atoms. The van der Waals surface area contributed by atoms with Crippen LogP contribution in [0.15, 0.2) is 24.3 Å². The highest BCUT2D eigenvalue weighted by molar-refractivity contribution is 5.24. The number of aliphatic hydroxyl groups excluding tert-OH is 1. The molecule has 0 saturated heterocycles. The topological polar surface area (TPSA) is 41.5 Å². The lowest BCUT2D eigenvalue weighted by Crippen LogP contribution is -2.33. The monoisotopic (exact) mass is 259 g/mol. The molecule has 1 aromatic carbocycles. The third-order valence-corrected chi connectivity index (χ3v) is 2.64. The molecule has 1 aromatic rings. The van der Waals surface area contributed by atoms with Crippen molar-refractivity contribution in [3.8, 4) is 0 Å². The first-order valence-electron chi connectivity index (χ1n) is 5.87. The van der Waals surface area contributed by atoms with Crippen LogP contribution in [-0.4, -0.2) is 31.5 Å². The first kappa shape index (κ1) is 15.0. The van der Waals surface area contributed by atoms with E-state index in [2.05, 4.69) is 5.32 Å². The number of alkyl halides is 2. The largest absolute Gasteiger partial charge is 0.396 e. The summed E-state index contributed by atoms with van der Waals surface area (Å²) >= 11 is 0. The van der Waals surface area contributed by atoms with Gasteiger partial charge in [-0.15, -0.1) is 0 Å². The Bertz CT molecular complexity index is 342. The van der Waals surface area contributed by atoms with E-state index in [1.165, 1.54) is 12.1 Å². The van der Waals surface area contributed by atoms with E-state index in [0.717, 1.165) is 5.56 Å². The van der Waals surface area contributed by atoms with E-state index < -0.39 is 6.43 Å². The summed E-state index contributed by atoms with van der Waals surface area (Å²) < 4.78 is 30.0. The third-order valence-electron chi connectivity index (χ3n) is 2.64. The van der Waals surface area contributed by atoms with Gasteiger partial charge in [0.1, 0.15) is 0 Å². The second-order valence-corrected chi connectivity index (χ2v) is 4.09. The normalized spacial score (nSPS) is 12.9. The van der Waals surface area contributed by atoms with Crippen LogP contribution < -0.4 is 5.32 Å². The van der Waals surface area contributed by atoms with Gasteiger partial charge in [0.15, 0.2) is 0 Å². The van der Waals surface area contributed by atoms with E-state index in [1.54, 1.807) is 19.2 Å². The molecule has 0 aliphatic heterocycles. The molecule has 0 aliphatic carbocycles. The quantitative estimate of drug-likeness (QED) is 0.751. The van der Waals surface area contributed by atoms with Gasteiger partial charge in [-0.05, 0) is 18.1 Å². The molecular weight excluding hydrogens is 240 g/mol. The fourth-order valence-corrected chi connectivity index (χ4v) is 1.70. The minimum Gasteiger partial charge on any atom is -0.396 e. The first-order chi connectivity index (χ1) is 8.67. The summed E-state index contributed by atoms with van der Waals surface area (Å²) in [7, 11) is 1.59. The van der Waals surface area contributed by atoms with Crippen LogP contribution in [0.2, 0.25) is 0 Å². The van der Waals surface area contributed by atoms with E-state index in [1.807, 2.05) is 0 Å². The number of halogens is 2. The number of rotatable bonds is 8. The van der Waals surface area contributed by atoms with E-state index in [0.29, 0.717) is 19.6 Å². The molecule has 2 N–H and O–H groups in total. The minimum atomic E-state index is -2.45. The highest BCUT2D eigenvalue weighted by Crippen LogP contribution is 2.19. The summed E-state index contributed by atoms with van der Waals surface area (Å²) in [5, 5.41) is 12.1. The molecule has 1 rings (SSSR count). The molecule has 1 atom stereocenters. The van der Waals surface area contributed by atoms with Gasteiger partial charge in [-0.2, -0.15) is 0 Å². The summed E-state index contributed by atoms with van der Waals surface area (Å²) in [6.45, 7) is 1.03. The maximum atomic E-state index is 12.5. The van der Waals surface area contributed by atoms with E-state index in [-0.39, 0.29) is 18.2 Å². The van der Waals surface area contributed by atoms with Crippen molar-refractivity contribution in [2.45, 2.75) is 25.4 Å². The van der Waals surface area contributed by atoms with Crippen LogP contribution in [0.5, 0.6) is 0 Å². The lowest BCUT2D eigenvalue weighted by Gasteiger charge is -2.17. The van der Waals surface area contributed by atoms with Crippen LogP contribution in [0.3, 0.4) is 0 Å². The van der Waals surface area contributed by atoms with Gasteiger partial charge in [0, 0.05) is 31.9 Å². The predicted molar refractivity (Wildman–Crippen MR) is 65.6 cm³/mol. The number of aliphatic hydroxyl groups is 1. The fourth-order valence-electron chi connectivity index (χ4n) is 1.70. The van der Waals surface area contributed by atoms with Crippen LogP contribution in [0.4, 0.5) is 8.78 Å². The standard InChI is InChI=1S/C13H19F2NO2/c1-18-9-12(5-6-17)16-8-10-3-2-4-11(7-10)13(14)15/h2-4,7,12-13,16-17H,5-6,8-9H2,1H3. The summed E-state index contributed by atoms with van der Waals surface area (Å²) in [5.41, 5.74) is 0.826. The number of methoxy groups -OCH3 is 1. The summed E-state index contributed by atoms with van der Waals surface area (Å²) in [6.07, 6.45) is -1.88. The Kier molecular flexibility index (Phi) is 6.78. The van der Waals surface area contributed by atoms with Gasteiger partial charge in [0.2, 0.25) is 0 Å². The van der Waals surface area contributed by atoms with Gasteiger partial charge in [0.25, 0.3) is 6.43 Å². The average molecular weight is 259 g/mol. The van der Waals surface area contributed by atoms with Crippen molar-refractivity contribution in [1.82, 2.24) is 5.32 Å². The van der Waals surface area contributed by atoms with Gasteiger partial charge in [-0.3, -0.25) is 0 Å². The molecule has 0 aliphatic rings. The maximum absolute atomic E-state index is 12.5. The van der Waals surface area contributed by atoms with Crippen molar-refractivity contribution in [2.24, 2.45) is 0 Å². The molecule has 0 amide bonds. The van der Waals surface area contributed by atoms with Crippen molar-refractivity contribution >= 4 is 0 Å². The third kappa shape index (κ3) is 5.08. The van der Waals surface area contributed by atoms with Gasteiger partial charge < -0.3 is 15.2 Å². The van der Waals surface area contributed by atoms with Gasteiger partial charge >= 0.3 is 0 Å². The zero-order valence-corrected chi connectivity index (χ0v) is 10.4. The molecule has 0 radical (unpaired) electrons.